The summed E-state index contributed by atoms with van der Waals surface area (Å²) in [6, 6.07) is 0. The number of carbonyl (C=O) groups excluding carboxylic acids is 1. The second-order valence-corrected chi connectivity index (χ2v) is 3.99. The largest absolute Gasteiger partial charge is 0.468 e. The maximum absolute atomic E-state index is 11.7. The number of hydrogen-bond acceptors (Lipinski definition) is 4. The highest BCUT2D eigenvalue weighted by Gasteiger charge is 2.44. The smallest absolute Gasteiger partial charge is 0.326 e. The van der Waals surface area contributed by atoms with Crippen molar-refractivity contribution in [2.24, 2.45) is 0 Å². The van der Waals surface area contributed by atoms with Crippen molar-refractivity contribution in [1.29, 1.82) is 0 Å². The molecule has 1 fully saturated rings. The van der Waals surface area contributed by atoms with E-state index in [0.717, 1.165) is 0 Å². The number of hydrogen-bond donors (Lipinski definition) is 1. The molecule has 2 atom stereocenters. The predicted octanol–water partition coefficient (Wildman–Crippen LogP) is 0.705. The molecule has 0 amide bonds. The highest BCUT2D eigenvalue weighted by Crippen LogP contribution is 2.29. The summed E-state index contributed by atoms with van der Waals surface area (Å²) in [5.41, 5.74) is -0.564. The average molecular weight is 201 g/mol. The SMILES string of the molecule is CNC1(C(=O)OC)CC(C)OC(C)C1. The number of carbonyl (C=O) groups is 1. The molecule has 1 aliphatic heterocycles. The Hall–Kier alpha value is -0.610. The molecule has 1 N–H and O–H groups in total. The first-order valence-corrected chi connectivity index (χ1v) is 4.97. The van der Waals surface area contributed by atoms with Crippen LogP contribution >= 0.6 is 0 Å². The average Bonchev–Trinajstić information content (AvgIpc) is 2.14. The Morgan fingerprint density at radius 1 is 1.43 bits per heavy atom. The molecule has 4 nitrogen and oxygen atoms in total. The van der Waals surface area contributed by atoms with Gasteiger partial charge in [-0.15, -0.1) is 0 Å². The van der Waals surface area contributed by atoms with Crippen LogP contribution in [0.3, 0.4) is 0 Å². The molecule has 0 bridgehead atoms. The van der Waals surface area contributed by atoms with E-state index in [-0.39, 0.29) is 18.2 Å². The molecule has 0 radical (unpaired) electrons. The molecule has 4 heteroatoms. The van der Waals surface area contributed by atoms with Gasteiger partial charge in [-0.1, -0.05) is 0 Å². The van der Waals surface area contributed by atoms with Gasteiger partial charge in [-0.2, -0.15) is 0 Å². The van der Waals surface area contributed by atoms with Gasteiger partial charge in [-0.05, 0) is 20.9 Å². The van der Waals surface area contributed by atoms with Crippen LogP contribution < -0.4 is 5.32 Å². The number of rotatable bonds is 2. The first-order valence-electron chi connectivity index (χ1n) is 4.97. The number of nitrogens with one attached hydrogen (secondary N) is 1. The van der Waals surface area contributed by atoms with Gasteiger partial charge in [0, 0.05) is 12.8 Å². The fourth-order valence-electron chi connectivity index (χ4n) is 2.23. The van der Waals surface area contributed by atoms with Crippen molar-refractivity contribution in [3.05, 3.63) is 0 Å². The van der Waals surface area contributed by atoms with E-state index >= 15 is 0 Å². The van der Waals surface area contributed by atoms with Crippen molar-refractivity contribution < 1.29 is 14.3 Å². The van der Waals surface area contributed by atoms with Crippen LogP contribution in [0.15, 0.2) is 0 Å². The molecule has 0 aromatic heterocycles. The van der Waals surface area contributed by atoms with Crippen LogP contribution in [-0.2, 0) is 14.3 Å². The van der Waals surface area contributed by atoms with Crippen molar-refractivity contribution >= 4 is 5.97 Å². The van der Waals surface area contributed by atoms with Crippen molar-refractivity contribution in [2.45, 2.75) is 44.4 Å². The summed E-state index contributed by atoms with van der Waals surface area (Å²) < 4.78 is 10.4. The van der Waals surface area contributed by atoms with E-state index in [0.29, 0.717) is 12.8 Å². The second kappa shape index (κ2) is 4.28. The molecular formula is C10H19NO3. The van der Waals surface area contributed by atoms with Crippen molar-refractivity contribution in [3.8, 4) is 0 Å². The fraction of sp³-hybridized carbons (Fsp3) is 0.900. The van der Waals surface area contributed by atoms with E-state index in [2.05, 4.69) is 5.32 Å². The topological polar surface area (TPSA) is 47.6 Å². The van der Waals surface area contributed by atoms with Gasteiger partial charge in [0.2, 0.25) is 0 Å². The van der Waals surface area contributed by atoms with Gasteiger partial charge in [0.05, 0.1) is 19.3 Å². The normalized spacial score (nSPS) is 38.0. The van der Waals surface area contributed by atoms with Crippen LogP contribution in [0.5, 0.6) is 0 Å². The van der Waals surface area contributed by atoms with Gasteiger partial charge < -0.3 is 14.8 Å². The van der Waals surface area contributed by atoms with Gasteiger partial charge in [-0.3, -0.25) is 4.79 Å². The highest BCUT2D eigenvalue weighted by molar-refractivity contribution is 5.81. The van der Waals surface area contributed by atoms with Gasteiger partial charge in [0.15, 0.2) is 0 Å². The molecule has 0 aromatic rings. The molecule has 0 aromatic carbocycles. The van der Waals surface area contributed by atoms with Crippen molar-refractivity contribution in [2.75, 3.05) is 14.2 Å². The zero-order valence-electron chi connectivity index (χ0n) is 9.29. The Morgan fingerprint density at radius 2 is 1.93 bits per heavy atom. The lowest BCUT2D eigenvalue weighted by molar-refractivity contribution is -0.159. The molecule has 1 heterocycles. The molecule has 0 aliphatic carbocycles. The molecule has 0 spiro atoms. The van der Waals surface area contributed by atoms with Crippen molar-refractivity contribution in [3.63, 3.8) is 0 Å². The van der Waals surface area contributed by atoms with Crippen LogP contribution in [0.4, 0.5) is 0 Å². The van der Waals surface area contributed by atoms with Crippen LogP contribution in [0, 0.1) is 0 Å². The van der Waals surface area contributed by atoms with Gasteiger partial charge in [0.25, 0.3) is 0 Å². The molecule has 0 saturated carbocycles. The van der Waals surface area contributed by atoms with E-state index in [4.69, 9.17) is 9.47 Å². The van der Waals surface area contributed by atoms with Crippen LogP contribution in [0.1, 0.15) is 26.7 Å². The Morgan fingerprint density at radius 3 is 2.29 bits per heavy atom. The molecule has 82 valence electrons. The van der Waals surface area contributed by atoms with E-state index in [1.54, 1.807) is 7.05 Å². The first kappa shape index (κ1) is 11.5. The van der Waals surface area contributed by atoms with E-state index in [1.807, 2.05) is 13.8 Å². The van der Waals surface area contributed by atoms with Crippen LogP contribution in [-0.4, -0.2) is 37.9 Å². The zero-order chi connectivity index (χ0) is 10.8. The molecule has 1 rings (SSSR count). The lowest BCUT2D eigenvalue weighted by Gasteiger charge is -2.40. The summed E-state index contributed by atoms with van der Waals surface area (Å²) in [6.45, 7) is 3.95. The lowest BCUT2D eigenvalue weighted by Crippen LogP contribution is -2.57. The third kappa shape index (κ3) is 2.07. The first-order chi connectivity index (χ1) is 6.54. The van der Waals surface area contributed by atoms with Gasteiger partial charge in [0.1, 0.15) is 5.54 Å². The highest BCUT2D eigenvalue weighted by atomic mass is 16.5. The van der Waals surface area contributed by atoms with Crippen LogP contribution in [0.25, 0.3) is 0 Å². The quantitative estimate of drug-likeness (QED) is 0.668. The number of ether oxygens (including phenoxy) is 2. The van der Waals surface area contributed by atoms with Crippen molar-refractivity contribution in [1.82, 2.24) is 5.32 Å². The zero-order valence-corrected chi connectivity index (χ0v) is 9.29. The summed E-state index contributed by atoms with van der Waals surface area (Å²) in [4.78, 5) is 11.7. The Labute approximate surface area is 85.0 Å². The minimum absolute atomic E-state index is 0.0882. The van der Waals surface area contributed by atoms with Gasteiger partial charge in [-0.25, -0.2) is 0 Å². The Balaban J connectivity index is 2.81. The van der Waals surface area contributed by atoms with Crippen LogP contribution in [0.2, 0.25) is 0 Å². The summed E-state index contributed by atoms with van der Waals surface area (Å²) >= 11 is 0. The molecule has 14 heavy (non-hydrogen) atoms. The number of methoxy groups -OCH3 is 1. The summed E-state index contributed by atoms with van der Waals surface area (Å²) in [5, 5.41) is 3.07. The minimum atomic E-state index is -0.564. The maximum Gasteiger partial charge on any atom is 0.326 e. The lowest BCUT2D eigenvalue weighted by atomic mass is 9.84. The summed E-state index contributed by atoms with van der Waals surface area (Å²) in [7, 11) is 3.22. The standard InChI is InChI=1S/C10H19NO3/c1-7-5-10(11-3,9(12)13-4)6-8(2)14-7/h7-8,11H,5-6H2,1-4H3. The molecule has 1 aliphatic rings. The minimum Gasteiger partial charge on any atom is -0.468 e. The molecular weight excluding hydrogens is 182 g/mol. The number of esters is 1. The monoisotopic (exact) mass is 201 g/mol. The number of likely N-dealkylation sites (N-methyl/N-ethyl adjacent to an activating group) is 1. The Bertz CT molecular complexity index is 207. The van der Waals surface area contributed by atoms with Gasteiger partial charge >= 0.3 is 5.97 Å². The predicted molar refractivity (Wildman–Crippen MR) is 53.0 cm³/mol. The van der Waals surface area contributed by atoms with E-state index in [9.17, 15) is 4.79 Å². The van der Waals surface area contributed by atoms with E-state index < -0.39 is 5.54 Å². The second-order valence-electron chi connectivity index (χ2n) is 3.99. The molecule has 1 saturated heterocycles. The molecule has 2 unspecified atom stereocenters. The van der Waals surface area contributed by atoms with E-state index in [1.165, 1.54) is 7.11 Å². The summed E-state index contributed by atoms with van der Waals surface area (Å²) in [5.74, 6) is -0.193. The fourth-order valence-corrected chi connectivity index (χ4v) is 2.23. The third-order valence-corrected chi connectivity index (χ3v) is 2.79. The third-order valence-electron chi connectivity index (χ3n) is 2.79. The summed E-state index contributed by atoms with van der Waals surface area (Å²) in [6.07, 6.45) is 1.51. The Kier molecular flexibility index (Phi) is 3.50. The maximum atomic E-state index is 11.7.